The minimum atomic E-state index is -0.160. The lowest BCUT2D eigenvalue weighted by Crippen LogP contribution is -1.99. The second-order valence-corrected chi connectivity index (χ2v) is 11.0. The Labute approximate surface area is 212 Å². The summed E-state index contributed by atoms with van der Waals surface area (Å²) in [6.45, 7) is 4.07. The number of aryl methyl sites for hydroxylation is 2. The first-order chi connectivity index (χ1) is 17.0. The molecule has 35 heavy (non-hydrogen) atoms. The van der Waals surface area contributed by atoms with E-state index in [0.717, 1.165) is 22.4 Å². The molecule has 170 valence electrons. The van der Waals surface area contributed by atoms with Crippen LogP contribution in [0.4, 0.5) is 0 Å². The van der Waals surface area contributed by atoms with Gasteiger partial charge in [-0.3, -0.25) is 9.59 Å². The van der Waals surface area contributed by atoms with Gasteiger partial charge in [-0.15, -0.1) is 22.7 Å². The molecular weight excluding hydrogens is 468 g/mol. The van der Waals surface area contributed by atoms with Crippen molar-refractivity contribution in [2.75, 3.05) is 0 Å². The Morgan fingerprint density at radius 2 is 1.34 bits per heavy atom. The van der Waals surface area contributed by atoms with Gasteiger partial charge in [0.2, 0.25) is 0 Å². The van der Waals surface area contributed by atoms with E-state index in [4.69, 9.17) is 0 Å². The van der Waals surface area contributed by atoms with E-state index < -0.39 is 0 Å². The Balaban J connectivity index is 1.29. The first-order valence-corrected chi connectivity index (χ1v) is 13.3. The SMILES string of the molecule is CCc1cc2c(cc1C)C(=O)/C(=C/c1cc3sc(-c4ccc(-c5ccccc5)cc4)cc3s1)C2=O. The number of Topliss-reactive ketones (excluding diaryl/α,β-unsaturated/α-hetero) is 2. The van der Waals surface area contributed by atoms with Crippen LogP contribution in [0.25, 0.3) is 37.0 Å². The zero-order valence-electron chi connectivity index (χ0n) is 19.4. The van der Waals surface area contributed by atoms with Crippen LogP contribution in [0.3, 0.4) is 0 Å². The zero-order valence-corrected chi connectivity index (χ0v) is 21.1. The fourth-order valence-corrected chi connectivity index (χ4v) is 7.06. The number of carbonyl (C=O) groups excluding carboxylic acids is 2. The maximum Gasteiger partial charge on any atom is 0.197 e. The minimum Gasteiger partial charge on any atom is -0.288 e. The fourth-order valence-electron chi connectivity index (χ4n) is 4.70. The van der Waals surface area contributed by atoms with Crippen LogP contribution in [0.15, 0.2) is 84.4 Å². The van der Waals surface area contributed by atoms with E-state index in [-0.39, 0.29) is 17.1 Å². The van der Waals surface area contributed by atoms with Crippen LogP contribution in [0.2, 0.25) is 0 Å². The molecule has 0 bridgehead atoms. The molecular formula is C31H22O2S2. The first kappa shape index (κ1) is 21.9. The van der Waals surface area contributed by atoms with E-state index >= 15 is 0 Å². The van der Waals surface area contributed by atoms with E-state index in [2.05, 4.69) is 67.6 Å². The number of allylic oxidation sites excluding steroid dienone is 1. The highest BCUT2D eigenvalue weighted by atomic mass is 32.1. The number of benzene rings is 3. The van der Waals surface area contributed by atoms with Crippen LogP contribution >= 0.6 is 22.7 Å². The largest absolute Gasteiger partial charge is 0.288 e. The van der Waals surface area contributed by atoms with Crippen LogP contribution in [-0.2, 0) is 6.42 Å². The summed E-state index contributed by atoms with van der Waals surface area (Å²) in [6.07, 6.45) is 2.62. The summed E-state index contributed by atoms with van der Waals surface area (Å²) in [6, 6.07) is 27.1. The van der Waals surface area contributed by atoms with Gasteiger partial charge >= 0.3 is 0 Å². The molecule has 0 saturated heterocycles. The molecule has 0 spiro atoms. The van der Waals surface area contributed by atoms with E-state index in [0.29, 0.717) is 11.1 Å². The van der Waals surface area contributed by atoms with Gasteiger partial charge in [0.15, 0.2) is 11.6 Å². The summed E-state index contributed by atoms with van der Waals surface area (Å²) in [4.78, 5) is 28.2. The monoisotopic (exact) mass is 490 g/mol. The van der Waals surface area contributed by atoms with Crippen molar-refractivity contribution in [3.05, 3.63) is 112 Å². The van der Waals surface area contributed by atoms with Gasteiger partial charge in [-0.05, 0) is 71.5 Å². The molecule has 0 unspecified atom stereocenters. The summed E-state index contributed by atoms with van der Waals surface area (Å²) >= 11 is 3.36. The van der Waals surface area contributed by atoms with Gasteiger partial charge in [0.05, 0.1) is 5.57 Å². The molecule has 0 atom stereocenters. The Hall–Kier alpha value is -3.60. The average molecular weight is 491 g/mol. The number of fused-ring (bicyclic) bond motifs is 2. The first-order valence-electron chi connectivity index (χ1n) is 11.7. The second-order valence-electron chi connectivity index (χ2n) is 8.83. The molecule has 1 aliphatic carbocycles. The normalized spacial score (nSPS) is 14.3. The van der Waals surface area contributed by atoms with Crippen molar-refractivity contribution in [1.29, 1.82) is 0 Å². The number of carbonyl (C=O) groups is 2. The zero-order chi connectivity index (χ0) is 24.1. The molecule has 3 aromatic carbocycles. The van der Waals surface area contributed by atoms with Crippen molar-refractivity contribution >= 4 is 49.7 Å². The lowest BCUT2D eigenvalue weighted by Gasteiger charge is -2.04. The summed E-state index contributed by atoms with van der Waals surface area (Å²) in [7, 11) is 0. The van der Waals surface area contributed by atoms with Crippen molar-refractivity contribution in [2.24, 2.45) is 0 Å². The molecule has 2 nitrogen and oxygen atoms in total. The van der Waals surface area contributed by atoms with Crippen LogP contribution in [0, 0.1) is 6.92 Å². The standard InChI is InChI=1S/C31H22O2S2/c1-3-19-14-25-24(13-18(19)2)30(32)26(31(25)33)15-23-16-28-29(34-23)17-27(35-28)22-11-9-21(10-12-22)20-7-5-4-6-8-20/h4-17H,3H2,1-2H3/b26-15-. The Bertz CT molecular complexity index is 1620. The van der Waals surface area contributed by atoms with Crippen molar-refractivity contribution in [3.8, 4) is 21.6 Å². The maximum atomic E-state index is 13.0. The molecule has 2 heterocycles. The van der Waals surface area contributed by atoms with Crippen LogP contribution < -0.4 is 0 Å². The van der Waals surface area contributed by atoms with Crippen molar-refractivity contribution < 1.29 is 9.59 Å². The molecule has 1 aliphatic rings. The quantitative estimate of drug-likeness (QED) is 0.187. The predicted molar refractivity (Wildman–Crippen MR) is 148 cm³/mol. The fraction of sp³-hybridized carbons (Fsp3) is 0.0968. The van der Waals surface area contributed by atoms with Gasteiger partial charge in [-0.1, -0.05) is 61.5 Å². The summed E-state index contributed by atoms with van der Waals surface area (Å²) < 4.78 is 2.34. The van der Waals surface area contributed by atoms with E-state index in [1.54, 1.807) is 28.7 Å². The second kappa shape index (κ2) is 8.56. The summed E-state index contributed by atoms with van der Waals surface area (Å²) in [5, 5.41) is 0. The highest BCUT2D eigenvalue weighted by molar-refractivity contribution is 7.29. The van der Waals surface area contributed by atoms with Gasteiger partial charge in [-0.2, -0.15) is 0 Å². The minimum absolute atomic E-state index is 0.157. The van der Waals surface area contributed by atoms with Crippen molar-refractivity contribution in [3.63, 3.8) is 0 Å². The average Bonchev–Trinajstić information content (AvgIpc) is 3.51. The van der Waals surface area contributed by atoms with E-state index in [1.807, 2.05) is 25.1 Å². The molecule has 0 N–H and O–H groups in total. The lowest BCUT2D eigenvalue weighted by molar-refractivity contribution is 0.0990. The molecule has 0 amide bonds. The van der Waals surface area contributed by atoms with Crippen molar-refractivity contribution in [2.45, 2.75) is 20.3 Å². The predicted octanol–water partition coefficient (Wildman–Crippen LogP) is 8.63. The van der Waals surface area contributed by atoms with E-state index in [1.165, 1.54) is 31.0 Å². The maximum absolute atomic E-state index is 13.0. The molecule has 0 fully saturated rings. The highest BCUT2D eigenvalue weighted by Gasteiger charge is 2.33. The third-order valence-electron chi connectivity index (χ3n) is 6.62. The van der Waals surface area contributed by atoms with Gasteiger partial charge in [0, 0.05) is 30.3 Å². The third-order valence-corrected chi connectivity index (χ3v) is 8.91. The van der Waals surface area contributed by atoms with Crippen LogP contribution in [0.1, 0.15) is 43.6 Å². The molecule has 4 heteroatoms. The highest BCUT2D eigenvalue weighted by Crippen LogP contribution is 2.40. The number of rotatable bonds is 4. The lowest BCUT2D eigenvalue weighted by atomic mass is 9.99. The topological polar surface area (TPSA) is 34.1 Å². The van der Waals surface area contributed by atoms with Crippen LogP contribution in [-0.4, -0.2) is 11.6 Å². The van der Waals surface area contributed by atoms with Gasteiger partial charge in [0.1, 0.15) is 0 Å². The van der Waals surface area contributed by atoms with Crippen molar-refractivity contribution in [1.82, 2.24) is 0 Å². The number of ketones is 2. The van der Waals surface area contributed by atoms with Gasteiger partial charge in [0.25, 0.3) is 0 Å². The van der Waals surface area contributed by atoms with Crippen LogP contribution in [0.5, 0.6) is 0 Å². The Morgan fingerprint density at radius 1 is 0.714 bits per heavy atom. The Morgan fingerprint density at radius 3 is 2.03 bits per heavy atom. The number of thiophene rings is 2. The van der Waals surface area contributed by atoms with Gasteiger partial charge in [-0.25, -0.2) is 0 Å². The van der Waals surface area contributed by atoms with Gasteiger partial charge < -0.3 is 0 Å². The molecule has 0 radical (unpaired) electrons. The third kappa shape index (κ3) is 3.79. The van der Waals surface area contributed by atoms with E-state index in [9.17, 15) is 9.59 Å². The molecule has 0 aliphatic heterocycles. The summed E-state index contributed by atoms with van der Waals surface area (Å²) in [5.74, 6) is -0.317. The molecule has 2 aromatic heterocycles. The molecule has 6 rings (SSSR count). The smallest absolute Gasteiger partial charge is 0.197 e. The summed E-state index contributed by atoms with van der Waals surface area (Å²) in [5.41, 5.74) is 7.15. The number of hydrogen-bond donors (Lipinski definition) is 0. The molecule has 0 saturated carbocycles. The molecule has 5 aromatic rings. The number of hydrogen-bond acceptors (Lipinski definition) is 4. The Kier molecular flexibility index (Phi) is 5.36.